The molecular weight excluding hydrogens is 367 g/mol. The van der Waals surface area contributed by atoms with Crippen molar-refractivity contribution in [1.29, 1.82) is 0 Å². The van der Waals surface area contributed by atoms with Gasteiger partial charge >= 0.3 is 7.82 Å². The molecule has 0 radical (unpaired) electrons. The Kier molecular flexibility index (Phi) is 6.32. The highest BCUT2D eigenvalue weighted by atomic mass is 35.5. The van der Waals surface area contributed by atoms with E-state index in [4.69, 9.17) is 16.1 Å². The largest absolute Gasteiger partial charge is 0.473 e. The quantitative estimate of drug-likeness (QED) is 0.735. The van der Waals surface area contributed by atoms with Gasteiger partial charge in [0.1, 0.15) is 0 Å². The highest BCUT2D eigenvalue weighted by Gasteiger charge is 2.32. The smallest absolute Gasteiger partial charge is 0.322 e. The van der Waals surface area contributed by atoms with Gasteiger partial charge in [0, 0.05) is 17.8 Å². The Hall–Kier alpha value is -1.76. The Morgan fingerprint density at radius 2 is 1.88 bits per heavy atom. The van der Waals surface area contributed by atoms with Crippen LogP contribution in [0.4, 0.5) is 5.69 Å². The van der Waals surface area contributed by atoms with Crippen molar-refractivity contribution in [3.8, 4) is 0 Å². The first kappa shape index (κ1) is 19.6. The van der Waals surface area contributed by atoms with Crippen LogP contribution in [0.25, 0.3) is 0 Å². The van der Waals surface area contributed by atoms with Gasteiger partial charge in [-0.25, -0.2) is 4.57 Å². The Bertz CT molecular complexity index is 813. The molecule has 0 spiro atoms. The van der Waals surface area contributed by atoms with Crippen LogP contribution in [0.2, 0.25) is 5.02 Å². The third kappa shape index (κ3) is 5.36. The van der Waals surface area contributed by atoms with Crippen LogP contribution in [0.1, 0.15) is 23.1 Å². The molecule has 2 atom stereocenters. The number of carbonyl (C=O) groups excluding carboxylic acids is 1. The molecule has 1 amide bonds. The molecule has 1 aromatic heterocycles. The first-order valence-corrected chi connectivity index (χ1v) is 9.16. The number of anilines is 1. The number of halogens is 1. The van der Waals surface area contributed by atoms with E-state index >= 15 is 0 Å². The molecule has 134 valence electrons. The van der Waals surface area contributed by atoms with E-state index in [0.29, 0.717) is 22.0 Å². The Labute approximate surface area is 150 Å². The van der Waals surface area contributed by atoms with Crippen LogP contribution in [0, 0.1) is 13.8 Å². The van der Waals surface area contributed by atoms with Crippen LogP contribution in [0.15, 0.2) is 36.4 Å². The molecule has 2 unspecified atom stereocenters. The van der Waals surface area contributed by atoms with E-state index in [1.807, 2.05) is 6.92 Å². The van der Waals surface area contributed by atoms with Crippen molar-refractivity contribution in [3.63, 3.8) is 0 Å². The van der Waals surface area contributed by atoms with E-state index in [2.05, 4.69) is 14.8 Å². The number of phosphoric acid groups is 1. The van der Waals surface area contributed by atoms with Crippen LogP contribution in [-0.2, 0) is 18.4 Å². The normalized spacial score (nSPS) is 14.6. The number of hydrogen-bond acceptors (Lipinski definition) is 5. The van der Waals surface area contributed by atoms with Gasteiger partial charge in [-0.15, -0.1) is 0 Å². The highest BCUT2D eigenvalue weighted by molar-refractivity contribution is 7.47. The van der Waals surface area contributed by atoms with E-state index in [1.54, 1.807) is 31.2 Å². The van der Waals surface area contributed by atoms with Gasteiger partial charge in [0.2, 0.25) is 0 Å². The summed E-state index contributed by atoms with van der Waals surface area (Å²) in [6.07, 6.45) is -1.37. The fourth-order valence-electron chi connectivity index (χ4n) is 2.09. The summed E-state index contributed by atoms with van der Waals surface area (Å²) in [7, 11) is -3.38. The minimum atomic E-state index is -4.39. The lowest BCUT2D eigenvalue weighted by atomic mass is 10.1. The fourth-order valence-corrected chi connectivity index (χ4v) is 2.79. The zero-order valence-corrected chi connectivity index (χ0v) is 15.5. The predicted molar refractivity (Wildman–Crippen MR) is 94.5 cm³/mol. The third-order valence-electron chi connectivity index (χ3n) is 3.36. The number of aryl methyl sites for hydroxylation is 2. The van der Waals surface area contributed by atoms with Crippen LogP contribution < -0.4 is 5.32 Å². The average Bonchev–Trinajstić information content (AvgIpc) is 2.56. The van der Waals surface area contributed by atoms with Crippen LogP contribution >= 0.6 is 19.4 Å². The number of nitrogens with one attached hydrogen (secondary N) is 1. The number of hydrogen-bond donors (Lipinski definition) is 2. The lowest BCUT2D eigenvalue weighted by Crippen LogP contribution is -2.23. The molecule has 0 aliphatic heterocycles. The fraction of sp³-hybridized carbons (Fsp3) is 0.250. The molecule has 2 N–H and O–H groups in total. The Morgan fingerprint density at radius 1 is 1.24 bits per heavy atom. The zero-order chi connectivity index (χ0) is 18.6. The van der Waals surface area contributed by atoms with E-state index in [9.17, 15) is 14.3 Å². The number of rotatable bonds is 6. The maximum absolute atomic E-state index is 12.6. The molecule has 0 aliphatic carbocycles. The number of aromatic nitrogens is 1. The molecule has 1 aromatic carbocycles. The summed E-state index contributed by atoms with van der Waals surface area (Å²) in [4.78, 5) is 26.5. The number of benzene rings is 1. The maximum Gasteiger partial charge on any atom is 0.473 e. The van der Waals surface area contributed by atoms with Crippen LogP contribution in [0.5, 0.6) is 0 Å². The second-order valence-corrected chi connectivity index (χ2v) is 7.21. The van der Waals surface area contributed by atoms with Gasteiger partial charge in [-0.3, -0.25) is 18.8 Å². The zero-order valence-electron chi connectivity index (χ0n) is 13.9. The maximum atomic E-state index is 12.6. The third-order valence-corrected chi connectivity index (χ3v) is 4.55. The van der Waals surface area contributed by atoms with Crippen LogP contribution in [0.3, 0.4) is 0 Å². The second-order valence-electron chi connectivity index (χ2n) is 5.26. The standard InChI is InChI=1S/C16H18ClN2O5P/c1-10-4-9-14(11(2)18-10)19-16(20)15(24-25(21,22)23-3)12-5-7-13(17)8-6-12/h4-9,15H,1-3H3,(H,19,20)(H,21,22). The van der Waals surface area contributed by atoms with Gasteiger partial charge in [0.25, 0.3) is 5.91 Å². The molecule has 7 nitrogen and oxygen atoms in total. The van der Waals surface area contributed by atoms with Gasteiger partial charge in [0.05, 0.1) is 11.4 Å². The lowest BCUT2D eigenvalue weighted by molar-refractivity contribution is -0.123. The topological polar surface area (TPSA) is 97.8 Å². The Balaban J connectivity index is 2.31. The first-order valence-electron chi connectivity index (χ1n) is 7.29. The van der Waals surface area contributed by atoms with Crippen molar-refractivity contribution in [2.75, 3.05) is 12.4 Å². The number of nitrogens with zero attached hydrogens (tertiary/aromatic N) is 1. The second kappa shape index (κ2) is 8.08. The molecule has 9 heteroatoms. The van der Waals surface area contributed by atoms with Crippen molar-refractivity contribution in [1.82, 2.24) is 4.98 Å². The molecule has 0 saturated heterocycles. The molecule has 0 saturated carbocycles. The molecule has 0 aliphatic rings. The number of pyridine rings is 1. The molecule has 0 bridgehead atoms. The van der Waals surface area contributed by atoms with Crippen molar-refractivity contribution in [2.24, 2.45) is 0 Å². The summed E-state index contributed by atoms with van der Waals surface area (Å²) in [5, 5.41) is 3.11. The van der Waals surface area contributed by atoms with Gasteiger partial charge in [-0.1, -0.05) is 23.7 Å². The summed E-state index contributed by atoms with van der Waals surface area (Å²) in [6, 6.07) is 9.60. The van der Waals surface area contributed by atoms with E-state index in [1.165, 1.54) is 12.1 Å². The summed E-state index contributed by atoms with van der Waals surface area (Å²) in [5.41, 5.74) is 2.25. The summed E-state index contributed by atoms with van der Waals surface area (Å²) < 4.78 is 21.2. The van der Waals surface area contributed by atoms with Crippen molar-refractivity contribution in [3.05, 3.63) is 58.4 Å². The Morgan fingerprint density at radius 3 is 2.44 bits per heavy atom. The van der Waals surface area contributed by atoms with E-state index in [-0.39, 0.29) is 0 Å². The monoisotopic (exact) mass is 384 g/mol. The highest BCUT2D eigenvalue weighted by Crippen LogP contribution is 2.47. The lowest BCUT2D eigenvalue weighted by Gasteiger charge is -2.20. The summed E-state index contributed by atoms with van der Waals surface area (Å²) in [5.74, 6) is -0.637. The van der Waals surface area contributed by atoms with Gasteiger partial charge < -0.3 is 10.2 Å². The molecule has 2 aromatic rings. The minimum absolute atomic E-state index is 0.353. The SMILES string of the molecule is COP(=O)(O)OC(C(=O)Nc1ccc(C)nc1C)c1ccc(Cl)cc1. The van der Waals surface area contributed by atoms with E-state index < -0.39 is 19.8 Å². The number of amides is 1. The first-order chi connectivity index (χ1) is 11.7. The molecule has 1 heterocycles. The molecule has 2 rings (SSSR count). The minimum Gasteiger partial charge on any atom is -0.322 e. The van der Waals surface area contributed by atoms with Crippen molar-refractivity contribution < 1.29 is 23.3 Å². The van der Waals surface area contributed by atoms with Crippen LogP contribution in [-0.4, -0.2) is 22.9 Å². The van der Waals surface area contributed by atoms with Gasteiger partial charge in [-0.05, 0) is 43.7 Å². The molecule has 0 fully saturated rings. The van der Waals surface area contributed by atoms with Crippen molar-refractivity contribution in [2.45, 2.75) is 20.0 Å². The summed E-state index contributed by atoms with van der Waals surface area (Å²) in [6.45, 7) is 3.58. The predicted octanol–water partition coefficient (Wildman–Crippen LogP) is 3.80. The van der Waals surface area contributed by atoms with Gasteiger partial charge in [-0.2, -0.15) is 0 Å². The molecular formula is C16H18ClN2O5P. The average molecular weight is 385 g/mol. The number of carbonyl (C=O) groups is 1. The van der Waals surface area contributed by atoms with E-state index in [0.717, 1.165) is 12.8 Å². The summed E-state index contributed by atoms with van der Waals surface area (Å²) >= 11 is 5.84. The van der Waals surface area contributed by atoms with Gasteiger partial charge in [0.15, 0.2) is 6.10 Å². The molecule has 25 heavy (non-hydrogen) atoms. The van der Waals surface area contributed by atoms with Crippen molar-refractivity contribution >= 4 is 31.0 Å². The number of phosphoric ester groups is 1.